The van der Waals surface area contributed by atoms with Gasteiger partial charge in [0, 0.05) is 5.02 Å². The lowest BCUT2D eigenvalue weighted by Crippen LogP contribution is -2.26. The van der Waals surface area contributed by atoms with Crippen molar-refractivity contribution in [2.75, 3.05) is 0 Å². The van der Waals surface area contributed by atoms with Gasteiger partial charge in [-0.1, -0.05) is 35.9 Å². The Hall–Kier alpha value is -2.37. The molecule has 3 rings (SSSR count). The van der Waals surface area contributed by atoms with E-state index in [0.717, 1.165) is 21.9 Å². The Labute approximate surface area is 168 Å². The molecule has 0 spiro atoms. The molecule has 0 saturated carbocycles. The minimum atomic E-state index is -0.130. The lowest BCUT2D eigenvalue weighted by molar-refractivity contribution is 0.0943. The Morgan fingerprint density at radius 2 is 1.96 bits per heavy atom. The maximum absolute atomic E-state index is 12.6. The van der Waals surface area contributed by atoms with Crippen LogP contribution >= 0.6 is 22.9 Å². The second-order valence-electron chi connectivity index (χ2n) is 6.37. The summed E-state index contributed by atoms with van der Waals surface area (Å²) < 4.78 is 5.79. The van der Waals surface area contributed by atoms with Gasteiger partial charge < -0.3 is 10.1 Å². The molecule has 6 heteroatoms. The van der Waals surface area contributed by atoms with Gasteiger partial charge in [-0.2, -0.15) is 0 Å². The Morgan fingerprint density at radius 1 is 1.22 bits per heavy atom. The first-order valence-corrected chi connectivity index (χ1v) is 9.84. The summed E-state index contributed by atoms with van der Waals surface area (Å²) in [6.07, 6.45) is 0. The number of aromatic nitrogens is 1. The summed E-state index contributed by atoms with van der Waals surface area (Å²) in [5.41, 5.74) is 2.85. The van der Waals surface area contributed by atoms with Gasteiger partial charge in [0.25, 0.3) is 5.91 Å². The summed E-state index contributed by atoms with van der Waals surface area (Å²) in [5, 5.41) is 4.47. The fraction of sp³-hybridized carbons (Fsp3) is 0.238. The van der Waals surface area contributed by atoms with E-state index in [1.54, 1.807) is 0 Å². The fourth-order valence-electron chi connectivity index (χ4n) is 2.67. The predicted octanol–water partition coefficient (Wildman–Crippen LogP) is 5.48. The number of nitrogens with zero attached hydrogens (tertiary/aromatic N) is 1. The highest BCUT2D eigenvalue weighted by Crippen LogP contribution is 2.22. The molecule has 0 aliphatic carbocycles. The van der Waals surface area contributed by atoms with Gasteiger partial charge in [0.15, 0.2) is 0 Å². The third-order valence-corrected chi connectivity index (χ3v) is 5.50. The van der Waals surface area contributed by atoms with Gasteiger partial charge in [0.05, 0.1) is 11.7 Å². The number of benzene rings is 2. The molecule has 3 aromatic rings. The van der Waals surface area contributed by atoms with Crippen molar-refractivity contribution in [3.8, 4) is 5.75 Å². The van der Waals surface area contributed by atoms with Crippen LogP contribution in [0.5, 0.6) is 5.75 Å². The smallest absolute Gasteiger partial charge is 0.263 e. The predicted molar refractivity (Wildman–Crippen MR) is 110 cm³/mol. The molecule has 4 nitrogen and oxygen atoms in total. The molecule has 0 bridgehead atoms. The number of amides is 1. The van der Waals surface area contributed by atoms with Gasteiger partial charge in [0.1, 0.15) is 22.2 Å². The van der Waals surface area contributed by atoms with E-state index in [1.807, 2.05) is 69.3 Å². The molecule has 1 heterocycles. The summed E-state index contributed by atoms with van der Waals surface area (Å²) >= 11 is 7.28. The molecule has 140 valence electrons. The van der Waals surface area contributed by atoms with Gasteiger partial charge in [0.2, 0.25) is 0 Å². The molecule has 1 N–H and O–H groups in total. The Morgan fingerprint density at radius 3 is 2.67 bits per heavy atom. The number of halogens is 1. The first-order chi connectivity index (χ1) is 12.9. The van der Waals surface area contributed by atoms with Crippen molar-refractivity contribution in [2.45, 2.75) is 33.4 Å². The third-order valence-electron chi connectivity index (χ3n) is 4.12. The zero-order chi connectivity index (χ0) is 19.4. The van der Waals surface area contributed by atoms with Crippen LogP contribution in [0, 0.1) is 13.8 Å². The summed E-state index contributed by atoms with van der Waals surface area (Å²) in [4.78, 5) is 17.7. The van der Waals surface area contributed by atoms with Crippen LogP contribution in [-0.2, 0) is 6.61 Å². The number of carbonyl (C=O) groups excluding carboxylic acids is 1. The number of aryl methyl sites for hydroxylation is 2. The fourth-order valence-corrected chi connectivity index (χ4v) is 3.68. The van der Waals surface area contributed by atoms with E-state index in [-0.39, 0.29) is 11.9 Å². The second-order valence-corrected chi connectivity index (χ2v) is 7.89. The van der Waals surface area contributed by atoms with Crippen molar-refractivity contribution in [1.82, 2.24) is 10.3 Å². The third kappa shape index (κ3) is 5.08. The average molecular weight is 401 g/mol. The number of hydrogen-bond acceptors (Lipinski definition) is 4. The van der Waals surface area contributed by atoms with Crippen molar-refractivity contribution < 1.29 is 9.53 Å². The molecular weight excluding hydrogens is 380 g/mol. The standard InChI is InChI=1S/C21H21ClN2O2S/c1-13-5-4-6-18(11-13)26-12-19-23-15(3)20(27-19)21(25)24-14(2)16-7-9-17(22)10-8-16/h4-11,14H,12H2,1-3H3,(H,24,25)/t14-/m1/s1. The number of thiazole rings is 1. The lowest BCUT2D eigenvalue weighted by atomic mass is 10.1. The van der Waals surface area contributed by atoms with Crippen LogP contribution in [0.4, 0.5) is 0 Å². The number of hydrogen-bond donors (Lipinski definition) is 1. The molecule has 1 amide bonds. The molecule has 27 heavy (non-hydrogen) atoms. The molecular formula is C21H21ClN2O2S. The molecule has 0 unspecified atom stereocenters. The molecule has 1 aromatic heterocycles. The maximum atomic E-state index is 12.6. The van der Waals surface area contributed by atoms with Crippen LogP contribution in [0.1, 0.15) is 44.5 Å². The Kier molecular flexibility index (Phi) is 6.14. The normalized spacial score (nSPS) is 11.9. The van der Waals surface area contributed by atoms with Crippen LogP contribution in [0.2, 0.25) is 5.02 Å². The minimum absolute atomic E-state index is 0.122. The van der Waals surface area contributed by atoms with Gasteiger partial charge in [-0.3, -0.25) is 4.79 Å². The van der Waals surface area contributed by atoms with E-state index in [0.29, 0.717) is 22.2 Å². The molecule has 0 aliphatic heterocycles. The van der Waals surface area contributed by atoms with Crippen LogP contribution in [0.3, 0.4) is 0 Å². The van der Waals surface area contributed by atoms with Crippen molar-refractivity contribution in [3.05, 3.63) is 80.3 Å². The van der Waals surface area contributed by atoms with Crippen LogP contribution in [0.15, 0.2) is 48.5 Å². The number of ether oxygens (including phenoxy) is 1. The first kappa shape index (κ1) is 19.4. The zero-order valence-corrected chi connectivity index (χ0v) is 17.0. The number of rotatable bonds is 6. The molecule has 0 saturated heterocycles. The largest absolute Gasteiger partial charge is 0.486 e. The van der Waals surface area contributed by atoms with Gasteiger partial charge in [-0.05, 0) is 56.2 Å². The maximum Gasteiger partial charge on any atom is 0.263 e. The average Bonchev–Trinajstić information content (AvgIpc) is 3.01. The Bertz CT molecular complexity index is 938. The molecule has 0 fully saturated rings. The Balaban J connectivity index is 1.64. The first-order valence-electron chi connectivity index (χ1n) is 8.64. The summed E-state index contributed by atoms with van der Waals surface area (Å²) in [7, 11) is 0. The van der Waals surface area contributed by atoms with Crippen molar-refractivity contribution >= 4 is 28.8 Å². The number of carbonyl (C=O) groups is 1. The van der Waals surface area contributed by atoms with Gasteiger partial charge in [-0.15, -0.1) is 11.3 Å². The van der Waals surface area contributed by atoms with Crippen molar-refractivity contribution in [3.63, 3.8) is 0 Å². The minimum Gasteiger partial charge on any atom is -0.486 e. The van der Waals surface area contributed by atoms with E-state index in [1.165, 1.54) is 11.3 Å². The lowest BCUT2D eigenvalue weighted by Gasteiger charge is -2.13. The molecule has 0 radical (unpaired) electrons. The van der Waals surface area contributed by atoms with E-state index in [2.05, 4.69) is 10.3 Å². The second kappa shape index (κ2) is 8.55. The SMILES string of the molecule is Cc1cccc(OCc2nc(C)c(C(=O)N[C@H](C)c3ccc(Cl)cc3)s2)c1. The summed E-state index contributed by atoms with van der Waals surface area (Å²) in [5.74, 6) is 0.666. The van der Waals surface area contributed by atoms with Gasteiger partial charge >= 0.3 is 0 Å². The zero-order valence-electron chi connectivity index (χ0n) is 15.5. The van der Waals surface area contributed by atoms with E-state index in [9.17, 15) is 4.79 Å². The van der Waals surface area contributed by atoms with E-state index >= 15 is 0 Å². The highest BCUT2D eigenvalue weighted by molar-refractivity contribution is 7.13. The van der Waals surface area contributed by atoms with Gasteiger partial charge in [-0.25, -0.2) is 4.98 Å². The van der Waals surface area contributed by atoms with Crippen LogP contribution in [-0.4, -0.2) is 10.9 Å². The van der Waals surface area contributed by atoms with E-state index in [4.69, 9.17) is 16.3 Å². The van der Waals surface area contributed by atoms with E-state index < -0.39 is 0 Å². The number of nitrogens with one attached hydrogen (secondary N) is 1. The summed E-state index contributed by atoms with van der Waals surface area (Å²) in [6.45, 7) is 6.15. The van der Waals surface area contributed by atoms with Crippen LogP contribution in [0.25, 0.3) is 0 Å². The van der Waals surface area contributed by atoms with Crippen molar-refractivity contribution in [1.29, 1.82) is 0 Å². The molecule has 0 aliphatic rings. The monoisotopic (exact) mass is 400 g/mol. The highest BCUT2D eigenvalue weighted by atomic mass is 35.5. The topological polar surface area (TPSA) is 51.2 Å². The molecule has 1 atom stereocenters. The quantitative estimate of drug-likeness (QED) is 0.595. The highest BCUT2D eigenvalue weighted by Gasteiger charge is 2.18. The van der Waals surface area contributed by atoms with Crippen LogP contribution < -0.4 is 10.1 Å². The molecule has 2 aromatic carbocycles. The summed E-state index contributed by atoms with van der Waals surface area (Å²) in [6, 6.07) is 15.2. The van der Waals surface area contributed by atoms with Crippen molar-refractivity contribution in [2.24, 2.45) is 0 Å².